The molecule has 1 aliphatic rings. The molecule has 0 spiro atoms. The van der Waals surface area contributed by atoms with Gasteiger partial charge in [0.1, 0.15) is 6.61 Å². The van der Waals surface area contributed by atoms with Crippen molar-refractivity contribution in [3.8, 4) is 11.5 Å². The number of amides is 2. The number of rotatable bonds is 7. The molecular weight excluding hydrogens is 366 g/mol. The van der Waals surface area contributed by atoms with E-state index in [1.165, 1.54) is 5.56 Å². The van der Waals surface area contributed by atoms with Gasteiger partial charge in [0, 0.05) is 12.2 Å². The van der Waals surface area contributed by atoms with Crippen molar-refractivity contribution in [2.24, 2.45) is 9.98 Å². The maximum atomic E-state index is 11.3. The van der Waals surface area contributed by atoms with Crippen LogP contribution < -0.4 is 25.5 Å². The highest BCUT2D eigenvalue weighted by molar-refractivity contribution is 5.77. The van der Waals surface area contributed by atoms with E-state index in [2.05, 4.69) is 34.4 Å². The molecular formula is C23H21N3O3. The smallest absolute Gasteiger partial charge is 0.368 e. The zero-order valence-corrected chi connectivity index (χ0v) is 16.3. The molecule has 3 aromatic carbocycles. The Morgan fingerprint density at radius 2 is 1.76 bits per heavy atom. The lowest BCUT2D eigenvalue weighted by molar-refractivity contribution is 0.256. The van der Waals surface area contributed by atoms with Crippen molar-refractivity contribution in [2.45, 2.75) is 20.1 Å². The molecule has 4 rings (SSSR count). The molecule has 29 heavy (non-hydrogen) atoms. The Morgan fingerprint density at radius 3 is 2.59 bits per heavy atom. The van der Waals surface area contributed by atoms with Gasteiger partial charge < -0.3 is 14.8 Å². The predicted molar refractivity (Wildman–Crippen MR) is 110 cm³/mol. The van der Waals surface area contributed by atoms with E-state index in [4.69, 9.17) is 9.47 Å². The predicted octanol–water partition coefficient (Wildman–Crippen LogP) is 3.57. The van der Waals surface area contributed by atoms with E-state index in [1.54, 1.807) is 13.2 Å². The Morgan fingerprint density at radius 1 is 0.931 bits per heavy atom. The van der Waals surface area contributed by atoms with Gasteiger partial charge in [-0.15, -0.1) is 0 Å². The van der Waals surface area contributed by atoms with E-state index in [-0.39, 0.29) is 0 Å². The lowest BCUT2D eigenvalue weighted by Gasteiger charge is -2.14. The van der Waals surface area contributed by atoms with Crippen LogP contribution in [0.1, 0.15) is 16.7 Å². The maximum Gasteiger partial charge on any atom is 0.368 e. The highest BCUT2D eigenvalue weighted by atomic mass is 16.5. The van der Waals surface area contributed by atoms with Gasteiger partial charge in [-0.1, -0.05) is 30.3 Å². The summed E-state index contributed by atoms with van der Waals surface area (Å²) in [4.78, 5) is 19.0. The van der Waals surface area contributed by atoms with Crippen molar-refractivity contribution in [2.75, 3.05) is 12.4 Å². The largest absolute Gasteiger partial charge is 0.493 e. The summed E-state index contributed by atoms with van der Waals surface area (Å²) in [7, 11) is 1.63. The third-order valence-electron chi connectivity index (χ3n) is 4.78. The van der Waals surface area contributed by atoms with Gasteiger partial charge in [-0.25, -0.2) is 4.79 Å². The zero-order chi connectivity index (χ0) is 20.2. The fourth-order valence-electron chi connectivity index (χ4n) is 3.12. The topological polar surface area (TPSA) is 72.3 Å². The minimum atomic E-state index is -0.455. The second-order valence-electron chi connectivity index (χ2n) is 6.76. The molecule has 3 aromatic rings. The monoisotopic (exact) mass is 387 g/mol. The highest BCUT2D eigenvalue weighted by Gasteiger charge is 2.08. The summed E-state index contributed by atoms with van der Waals surface area (Å²) in [6.07, 6.45) is 0. The van der Waals surface area contributed by atoms with Gasteiger partial charge in [-0.3, -0.25) is 0 Å². The van der Waals surface area contributed by atoms with Crippen LogP contribution in [0, 0.1) is 6.92 Å². The summed E-state index contributed by atoms with van der Waals surface area (Å²) in [5.74, 6) is 1.39. The molecule has 0 aliphatic carbocycles. The number of anilines is 1. The minimum Gasteiger partial charge on any atom is -0.493 e. The van der Waals surface area contributed by atoms with E-state index >= 15 is 0 Å². The first-order valence-electron chi connectivity index (χ1n) is 9.32. The number of carbonyl (C=O) groups is 1. The Hall–Kier alpha value is -3.67. The van der Waals surface area contributed by atoms with Gasteiger partial charge in [-0.05, 0) is 53.9 Å². The first kappa shape index (κ1) is 18.7. The molecule has 0 saturated heterocycles. The van der Waals surface area contributed by atoms with Crippen LogP contribution in [0.3, 0.4) is 0 Å². The second-order valence-corrected chi connectivity index (χ2v) is 6.76. The lowest BCUT2D eigenvalue weighted by atomic mass is 10.1. The van der Waals surface area contributed by atoms with Crippen LogP contribution in [0.15, 0.2) is 70.6 Å². The van der Waals surface area contributed by atoms with Crippen molar-refractivity contribution >= 4 is 11.7 Å². The minimum absolute atomic E-state index is 0.455. The van der Waals surface area contributed by atoms with E-state index < -0.39 is 6.03 Å². The number of aryl methyl sites for hydroxylation is 1. The number of hydrogen-bond donors (Lipinski definition) is 1. The SMILES string of the molecule is COc1cc(CNc2ccc3c(c2)=NC(=O)N=3)ccc1OCc1ccccc1C. The van der Waals surface area contributed by atoms with E-state index in [0.717, 1.165) is 16.8 Å². The average Bonchev–Trinajstić information content (AvgIpc) is 3.11. The summed E-state index contributed by atoms with van der Waals surface area (Å²) >= 11 is 0. The average molecular weight is 387 g/mol. The van der Waals surface area contributed by atoms with Crippen LogP contribution in [0.2, 0.25) is 0 Å². The summed E-state index contributed by atoms with van der Waals surface area (Å²) in [5, 5.41) is 4.54. The third kappa shape index (κ3) is 4.27. The van der Waals surface area contributed by atoms with Crippen LogP contribution in [0.25, 0.3) is 0 Å². The van der Waals surface area contributed by atoms with Gasteiger partial charge in [0.25, 0.3) is 0 Å². The first-order valence-corrected chi connectivity index (χ1v) is 9.32. The number of carbonyl (C=O) groups excluding carboxylic acids is 1. The van der Waals surface area contributed by atoms with Crippen LogP contribution in [-0.4, -0.2) is 13.1 Å². The normalized spacial score (nSPS) is 12.0. The number of nitrogens with zero attached hydrogens (tertiary/aromatic N) is 2. The van der Waals surface area contributed by atoms with Gasteiger partial charge in [0.15, 0.2) is 11.5 Å². The fraction of sp³-hybridized carbons (Fsp3) is 0.174. The summed E-state index contributed by atoms with van der Waals surface area (Å²) in [6, 6.07) is 19.1. The number of methoxy groups -OCH3 is 1. The molecule has 0 fully saturated rings. The van der Waals surface area contributed by atoms with Crippen molar-refractivity contribution in [3.05, 3.63) is 88.1 Å². The number of hydrogen-bond acceptors (Lipinski definition) is 4. The Bertz CT molecular complexity index is 1190. The highest BCUT2D eigenvalue weighted by Crippen LogP contribution is 2.29. The quantitative estimate of drug-likeness (QED) is 0.673. The number of benzene rings is 3. The van der Waals surface area contributed by atoms with Crippen molar-refractivity contribution in [1.29, 1.82) is 0 Å². The van der Waals surface area contributed by atoms with Crippen LogP contribution in [0.4, 0.5) is 10.5 Å². The molecule has 0 atom stereocenters. The maximum absolute atomic E-state index is 11.3. The number of ether oxygens (including phenoxy) is 2. The Labute approximate surface area is 168 Å². The lowest BCUT2D eigenvalue weighted by Crippen LogP contribution is -2.21. The number of urea groups is 1. The number of fused-ring (bicyclic) bond motifs is 1. The molecule has 1 heterocycles. The van der Waals surface area contributed by atoms with Gasteiger partial charge in [0.05, 0.1) is 17.8 Å². The Balaban J connectivity index is 1.44. The van der Waals surface area contributed by atoms with E-state index in [9.17, 15) is 4.79 Å². The summed E-state index contributed by atoms with van der Waals surface area (Å²) in [5.41, 5.74) is 4.26. The van der Waals surface area contributed by atoms with Crippen molar-refractivity contribution < 1.29 is 14.3 Å². The molecule has 6 nitrogen and oxygen atoms in total. The molecule has 146 valence electrons. The summed E-state index contributed by atoms with van der Waals surface area (Å²) in [6.45, 7) is 3.16. The van der Waals surface area contributed by atoms with E-state index in [0.29, 0.717) is 35.4 Å². The van der Waals surface area contributed by atoms with Gasteiger partial charge >= 0.3 is 6.03 Å². The molecule has 0 saturated carbocycles. The molecule has 0 unspecified atom stereocenters. The molecule has 0 radical (unpaired) electrons. The van der Waals surface area contributed by atoms with Crippen LogP contribution in [-0.2, 0) is 13.2 Å². The van der Waals surface area contributed by atoms with Crippen molar-refractivity contribution in [3.63, 3.8) is 0 Å². The van der Waals surface area contributed by atoms with Crippen LogP contribution >= 0.6 is 0 Å². The summed E-state index contributed by atoms with van der Waals surface area (Å²) < 4.78 is 11.5. The van der Waals surface area contributed by atoms with Crippen molar-refractivity contribution in [1.82, 2.24) is 0 Å². The molecule has 1 N–H and O–H groups in total. The van der Waals surface area contributed by atoms with Gasteiger partial charge in [-0.2, -0.15) is 9.98 Å². The van der Waals surface area contributed by atoms with E-state index in [1.807, 2.05) is 42.5 Å². The number of nitrogens with one attached hydrogen (secondary N) is 1. The zero-order valence-electron chi connectivity index (χ0n) is 16.3. The fourth-order valence-corrected chi connectivity index (χ4v) is 3.12. The molecule has 6 heteroatoms. The first-order chi connectivity index (χ1) is 14.1. The molecule has 1 aliphatic heterocycles. The standard InChI is InChI=1S/C23H21N3O3/c1-15-5-3-4-6-17(15)14-29-21-10-7-16(11-22(21)28-2)13-24-18-8-9-19-20(12-18)26-23(27)25-19/h3-12,24H,13-14H2,1-2H3. The van der Waals surface area contributed by atoms with Crippen LogP contribution in [0.5, 0.6) is 11.5 Å². The molecule has 0 bridgehead atoms. The van der Waals surface area contributed by atoms with Gasteiger partial charge in [0.2, 0.25) is 0 Å². The Kier molecular flexibility index (Phi) is 5.24. The third-order valence-corrected chi connectivity index (χ3v) is 4.78. The second kappa shape index (κ2) is 8.14. The molecule has 0 aromatic heterocycles. The molecule has 2 amide bonds.